The molecule has 4 aliphatic rings. The van der Waals surface area contributed by atoms with E-state index < -0.39 is 18.4 Å². The van der Waals surface area contributed by atoms with Gasteiger partial charge in [-0.25, -0.2) is 0 Å². The molecule has 5 rings (SSSR count). The number of hydrogen-bond donors (Lipinski definition) is 0. The lowest BCUT2D eigenvalue weighted by molar-refractivity contribution is -0.0583. The van der Waals surface area contributed by atoms with E-state index in [-0.39, 0.29) is 27.9 Å². The highest BCUT2D eigenvalue weighted by Gasteiger charge is 2.59. The molecule has 0 aromatic heterocycles. The Morgan fingerprint density at radius 3 is 2.34 bits per heavy atom. The third-order valence-corrected chi connectivity index (χ3v) is 18.7. The van der Waals surface area contributed by atoms with Crippen molar-refractivity contribution in [2.24, 2.45) is 40.4 Å². The van der Waals surface area contributed by atoms with Crippen LogP contribution < -0.4 is 0 Å². The van der Waals surface area contributed by atoms with Gasteiger partial charge < -0.3 is 4.43 Å². The van der Waals surface area contributed by atoms with Gasteiger partial charge in [0.05, 0.1) is 11.5 Å². The number of allylic oxidation sites excluding steroid dienone is 1. The molecule has 0 bridgehead atoms. The summed E-state index contributed by atoms with van der Waals surface area (Å²) < 4.78 is 38.4. The minimum absolute atomic E-state index is 0.218. The summed E-state index contributed by atoms with van der Waals surface area (Å²) in [6, 6.07) is 6.97. The quantitative estimate of drug-likeness (QED) is 0.178. The van der Waals surface area contributed by atoms with Crippen LogP contribution in [0.25, 0.3) is 0 Å². The summed E-state index contributed by atoms with van der Waals surface area (Å²) in [5.74, 6) is 2.96. The van der Waals surface area contributed by atoms with E-state index in [0.29, 0.717) is 17.4 Å². The molecule has 0 unspecified atom stereocenters. The molecular weight excluding hydrogens is 545 g/mol. The predicted octanol–water partition coefficient (Wildman–Crippen LogP) is 9.31. The first kappa shape index (κ1) is 31.5. The molecule has 41 heavy (non-hydrogen) atoms. The lowest BCUT2D eigenvalue weighted by Crippen LogP contribution is -2.52. The van der Waals surface area contributed by atoms with E-state index in [4.69, 9.17) is 8.61 Å². The minimum Gasteiger partial charge on any atom is -0.414 e. The predicted molar refractivity (Wildman–Crippen MR) is 171 cm³/mol. The maximum Gasteiger partial charge on any atom is 0.296 e. The summed E-state index contributed by atoms with van der Waals surface area (Å²) in [4.78, 5) is 0.258. The average molecular weight is 601 g/mol. The second-order valence-electron chi connectivity index (χ2n) is 16.3. The van der Waals surface area contributed by atoms with Crippen molar-refractivity contribution >= 4 is 18.4 Å². The Morgan fingerprint density at radius 1 is 1.00 bits per heavy atom. The van der Waals surface area contributed by atoms with Crippen LogP contribution in [0, 0.1) is 47.3 Å². The average Bonchev–Trinajstić information content (AvgIpc) is 3.24. The highest BCUT2D eigenvalue weighted by molar-refractivity contribution is 7.86. The smallest absolute Gasteiger partial charge is 0.296 e. The zero-order chi connectivity index (χ0) is 30.0. The highest BCUT2D eigenvalue weighted by atomic mass is 32.2. The second-order valence-corrected chi connectivity index (χ2v) is 22.6. The molecule has 4 nitrogen and oxygen atoms in total. The van der Waals surface area contributed by atoms with Gasteiger partial charge in [-0.05, 0) is 129 Å². The van der Waals surface area contributed by atoms with E-state index in [9.17, 15) is 8.42 Å². The van der Waals surface area contributed by atoms with Gasteiger partial charge >= 0.3 is 0 Å². The molecule has 1 aromatic rings. The van der Waals surface area contributed by atoms with Crippen LogP contribution in [0.1, 0.15) is 98.5 Å². The standard InChI is InChI=1S/C35H56O4SSi/c1-24-10-13-28(14-11-24)40(36,37)38-23-25(2)30-16-17-31-29-15-12-26-22-27(39-41(8,9)33(3,4)5)18-20-34(26,6)32(29)19-21-35(30,31)7/h10-14,25,27,29-32H,15-23H2,1-9H3/t25-,27-,29-,30+,31-,32-,34-,35+/m0/s1. The Morgan fingerprint density at radius 2 is 1.68 bits per heavy atom. The SMILES string of the molecule is Cc1ccc(S(=O)(=O)OC[C@H](C)[C@H]2CC[C@H]3[C@@H]4CC=C5C[C@@H](O[Si](C)(C)C(C)(C)C)CC[C@]5(C)[C@H]4CC[C@]23C)cc1. The topological polar surface area (TPSA) is 52.6 Å². The molecule has 4 aliphatic carbocycles. The number of hydrogen-bond acceptors (Lipinski definition) is 4. The van der Waals surface area contributed by atoms with Gasteiger partial charge in [-0.15, -0.1) is 0 Å². The minimum atomic E-state index is -3.73. The van der Waals surface area contributed by atoms with Crippen molar-refractivity contribution in [1.29, 1.82) is 0 Å². The van der Waals surface area contributed by atoms with Crippen LogP contribution in [0.4, 0.5) is 0 Å². The van der Waals surface area contributed by atoms with E-state index in [1.165, 1.54) is 44.9 Å². The van der Waals surface area contributed by atoms with Crippen molar-refractivity contribution in [3.8, 4) is 0 Å². The molecule has 0 aliphatic heterocycles. The van der Waals surface area contributed by atoms with Crippen LogP contribution >= 0.6 is 0 Å². The Balaban J connectivity index is 1.26. The van der Waals surface area contributed by atoms with Crippen molar-refractivity contribution in [2.75, 3.05) is 6.61 Å². The molecule has 0 radical (unpaired) electrons. The van der Waals surface area contributed by atoms with Crippen LogP contribution in [-0.4, -0.2) is 29.4 Å². The molecule has 8 atom stereocenters. The molecule has 3 fully saturated rings. The van der Waals surface area contributed by atoms with Gasteiger partial charge in [-0.2, -0.15) is 8.42 Å². The van der Waals surface area contributed by atoms with Gasteiger partial charge in [-0.3, -0.25) is 4.18 Å². The fourth-order valence-electron chi connectivity index (χ4n) is 9.38. The molecule has 6 heteroatoms. The Kier molecular flexibility index (Phi) is 8.36. The first-order valence-electron chi connectivity index (χ1n) is 16.3. The Bertz CT molecular complexity index is 1250. The first-order valence-corrected chi connectivity index (χ1v) is 20.6. The molecular formula is C35H56O4SSi. The summed E-state index contributed by atoms with van der Waals surface area (Å²) in [7, 11) is -5.50. The molecule has 0 spiro atoms. The normalized spacial score (nSPS) is 36.6. The molecule has 230 valence electrons. The lowest BCUT2D eigenvalue weighted by atomic mass is 9.47. The van der Waals surface area contributed by atoms with Crippen molar-refractivity contribution < 1.29 is 17.0 Å². The van der Waals surface area contributed by atoms with Gasteiger partial charge in [0.25, 0.3) is 10.1 Å². The number of rotatable bonds is 7. The molecule has 0 amide bonds. The largest absolute Gasteiger partial charge is 0.414 e. The Labute approximate surface area is 252 Å². The summed E-state index contributed by atoms with van der Waals surface area (Å²) in [5.41, 5.74) is 3.31. The van der Waals surface area contributed by atoms with E-state index in [0.717, 1.165) is 29.7 Å². The molecule has 0 N–H and O–H groups in total. The van der Waals surface area contributed by atoms with Crippen LogP contribution in [0.3, 0.4) is 0 Å². The molecule has 0 saturated heterocycles. The van der Waals surface area contributed by atoms with Crippen molar-refractivity contribution in [1.82, 2.24) is 0 Å². The number of benzene rings is 1. The third kappa shape index (κ3) is 5.69. The summed E-state index contributed by atoms with van der Waals surface area (Å²) in [6.07, 6.45) is 12.8. The Hall–Kier alpha value is -0.953. The van der Waals surface area contributed by atoms with Crippen LogP contribution in [0.15, 0.2) is 40.8 Å². The summed E-state index contributed by atoms with van der Waals surface area (Å²) >= 11 is 0. The lowest BCUT2D eigenvalue weighted by Gasteiger charge is -2.59. The number of fused-ring (bicyclic) bond motifs is 5. The zero-order valence-corrected chi connectivity index (χ0v) is 29.1. The van der Waals surface area contributed by atoms with E-state index in [1.807, 2.05) is 19.1 Å². The second kappa shape index (κ2) is 10.9. The van der Waals surface area contributed by atoms with Crippen molar-refractivity contribution in [3.63, 3.8) is 0 Å². The van der Waals surface area contributed by atoms with E-state index in [2.05, 4.69) is 60.7 Å². The molecule has 1 aromatic carbocycles. The van der Waals surface area contributed by atoms with Gasteiger partial charge in [0.15, 0.2) is 8.32 Å². The van der Waals surface area contributed by atoms with E-state index in [1.54, 1.807) is 17.7 Å². The number of aryl methyl sites for hydroxylation is 1. The van der Waals surface area contributed by atoms with Crippen LogP contribution in [0.2, 0.25) is 18.1 Å². The monoisotopic (exact) mass is 600 g/mol. The van der Waals surface area contributed by atoms with E-state index >= 15 is 0 Å². The fraction of sp³-hybridized carbons (Fsp3) is 0.771. The van der Waals surface area contributed by atoms with Gasteiger partial charge in [0.2, 0.25) is 0 Å². The third-order valence-electron chi connectivity index (χ3n) is 12.9. The van der Waals surface area contributed by atoms with Crippen LogP contribution in [0.5, 0.6) is 0 Å². The highest BCUT2D eigenvalue weighted by Crippen LogP contribution is 2.67. The zero-order valence-electron chi connectivity index (χ0n) is 27.3. The molecule has 0 heterocycles. The van der Waals surface area contributed by atoms with Gasteiger partial charge in [0, 0.05) is 6.10 Å². The van der Waals surface area contributed by atoms with Crippen LogP contribution in [-0.2, 0) is 18.7 Å². The van der Waals surface area contributed by atoms with Gasteiger partial charge in [0.1, 0.15) is 0 Å². The van der Waals surface area contributed by atoms with Gasteiger partial charge in [-0.1, -0.05) is 70.9 Å². The van der Waals surface area contributed by atoms with Crippen molar-refractivity contribution in [3.05, 3.63) is 41.5 Å². The summed E-state index contributed by atoms with van der Waals surface area (Å²) in [5, 5.41) is 0.250. The maximum atomic E-state index is 12.9. The maximum absolute atomic E-state index is 12.9. The first-order chi connectivity index (χ1) is 19.0. The molecule has 3 saturated carbocycles. The fourth-order valence-corrected chi connectivity index (χ4v) is 11.8. The van der Waals surface area contributed by atoms with Crippen molar-refractivity contribution in [2.45, 2.75) is 129 Å². The summed E-state index contributed by atoms with van der Waals surface area (Å²) in [6.45, 7) is 21.4.